The van der Waals surface area contributed by atoms with E-state index in [1.807, 2.05) is 39.0 Å². The van der Waals surface area contributed by atoms with Crippen LogP contribution in [0.15, 0.2) is 54.6 Å². The molecule has 9 nitrogen and oxygen atoms in total. The van der Waals surface area contributed by atoms with Gasteiger partial charge in [-0.05, 0) is 57.2 Å². The summed E-state index contributed by atoms with van der Waals surface area (Å²) in [7, 11) is 0. The predicted octanol–water partition coefficient (Wildman–Crippen LogP) is 2.92. The fourth-order valence-electron chi connectivity index (χ4n) is 4.29. The van der Waals surface area contributed by atoms with Gasteiger partial charge >= 0.3 is 6.09 Å². The number of likely N-dealkylation sites (tertiary alicyclic amines) is 2. The van der Waals surface area contributed by atoms with Crippen molar-refractivity contribution in [2.24, 2.45) is 0 Å². The fourth-order valence-corrected chi connectivity index (χ4v) is 4.29. The van der Waals surface area contributed by atoms with Gasteiger partial charge in [0, 0.05) is 56.3 Å². The first kappa shape index (κ1) is 26.5. The van der Waals surface area contributed by atoms with E-state index in [9.17, 15) is 14.4 Å². The third-order valence-electron chi connectivity index (χ3n) is 6.25. The Kier molecular flexibility index (Phi) is 8.33. The second-order valence-electron chi connectivity index (χ2n) is 10.5. The summed E-state index contributed by atoms with van der Waals surface area (Å²) in [4.78, 5) is 40.5. The van der Waals surface area contributed by atoms with E-state index in [0.717, 1.165) is 6.42 Å². The lowest BCUT2D eigenvalue weighted by atomic mass is 10.1. The molecule has 198 valence electrons. The number of nitrogens with one attached hydrogen (secondary N) is 2. The Hall–Kier alpha value is -3.59. The third-order valence-corrected chi connectivity index (χ3v) is 6.25. The molecule has 2 fully saturated rings. The number of hydrogen-bond acceptors (Lipinski definition) is 6. The standard InChI is InChI=1S/C28H36N4O5/c1-28(2,3)37-27(35)31-16-13-24(19-31)36-23-11-9-21(10-12-23)26(34)32-17-22(18-32)29-14-15-30-25(33)20-7-5-4-6-8-20/h4-12,22,24,29H,13-19H2,1-3H3,(H,30,33)/t24-/m0/s1. The summed E-state index contributed by atoms with van der Waals surface area (Å²) >= 11 is 0. The minimum Gasteiger partial charge on any atom is -0.489 e. The van der Waals surface area contributed by atoms with Crippen LogP contribution in [0, 0.1) is 0 Å². The number of hydrogen-bond donors (Lipinski definition) is 2. The molecule has 0 radical (unpaired) electrons. The van der Waals surface area contributed by atoms with Gasteiger partial charge in [0.1, 0.15) is 17.5 Å². The number of carbonyl (C=O) groups is 3. The fraction of sp³-hybridized carbons (Fsp3) is 0.464. The molecule has 0 spiro atoms. The first-order chi connectivity index (χ1) is 17.7. The molecule has 0 aromatic heterocycles. The summed E-state index contributed by atoms with van der Waals surface area (Å²) < 4.78 is 11.5. The average Bonchev–Trinajstić information content (AvgIpc) is 3.31. The van der Waals surface area contributed by atoms with Crippen LogP contribution < -0.4 is 15.4 Å². The molecule has 2 N–H and O–H groups in total. The Balaban J connectivity index is 1.14. The van der Waals surface area contributed by atoms with E-state index in [1.54, 1.807) is 46.2 Å². The van der Waals surface area contributed by atoms with E-state index in [2.05, 4.69) is 10.6 Å². The van der Waals surface area contributed by atoms with Gasteiger partial charge in [-0.2, -0.15) is 0 Å². The van der Waals surface area contributed by atoms with E-state index in [-0.39, 0.29) is 30.1 Å². The zero-order valence-corrected chi connectivity index (χ0v) is 21.7. The summed E-state index contributed by atoms with van der Waals surface area (Å²) in [6.07, 6.45) is 0.311. The Morgan fingerprint density at radius 2 is 1.59 bits per heavy atom. The van der Waals surface area contributed by atoms with Gasteiger partial charge < -0.3 is 29.9 Å². The number of amides is 3. The van der Waals surface area contributed by atoms with Gasteiger partial charge in [0.25, 0.3) is 11.8 Å². The molecule has 2 aromatic carbocycles. The first-order valence-electron chi connectivity index (χ1n) is 12.8. The largest absolute Gasteiger partial charge is 0.489 e. The van der Waals surface area contributed by atoms with Gasteiger partial charge in [-0.3, -0.25) is 9.59 Å². The first-order valence-corrected chi connectivity index (χ1v) is 12.8. The molecule has 2 heterocycles. The van der Waals surface area contributed by atoms with Gasteiger partial charge in [0.2, 0.25) is 0 Å². The average molecular weight is 509 g/mol. The SMILES string of the molecule is CC(C)(C)OC(=O)N1CC[C@H](Oc2ccc(C(=O)N3CC(NCCNC(=O)c4ccccc4)C3)cc2)C1. The van der Waals surface area contributed by atoms with Crippen LogP contribution >= 0.6 is 0 Å². The second kappa shape index (κ2) is 11.6. The second-order valence-corrected chi connectivity index (χ2v) is 10.5. The van der Waals surface area contributed by atoms with E-state index in [1.165, 1.54) is 0 Å². The van der Waals surface area contributed by atoms with Gasteiger partial charge in [-0.1, -0.05) is 18.2 Å². The zero-order chi connectivity index (χ0) is 26.4. The van der Waals surface area contributed by atoms with E-state index < -0.39 is 5.60 Å². The maximum absolute atomic E-state index is 12.8. The van der Waals surface area contributed by atoms with E-state index in [4.69, 9.17) is 9.47 Å². The van der Waals surface area contributed by atoms with Crippen molar-refractivity contribution in [3.63, 3.8) is 0 Å². The van der Waals surface area contributed by atoms with Crippen molar-refractivity contribution < 1.29 is 23.9 Å². The Labute approximate surface area is 218 Å². The van der Waals surface area contributed by atoms with Crippen molar-refractivity contribution in [3.8, 4) is 5.75 Å². The van der Waals surface area contributed by atoms with Crippen LogP contribution in [0.1, 0.15) is 47.9 Å². The van der Waals surface area contributed by atoms with Gasteiger partial charge in [-0.15, -0.1) is 0 Å². The Morgan fingerprint density at radius 1 is 0.892 bits per heavy atom. The normalized spacial score (nSPS) is 17.8. The van der Waals surface area contributed by atoms with Crippen LogP contribution in [0.5, 0.6) is 5.75 Å². The van der Waals surface area contributed by atoms with Crippen molar-refractivity contribution in [1.29, 1.82) is 0 Å². The molecular formula is C28H36N4O5. The lowest BCUT2D eigenvalue weighted by Crippen LogP contribution is -2.60. The maximum Gasteiger partial charge on any atom is 0.410 e. The van der Waals surface area contributed by atoms with Gasteiger partial charge in [0.05, 0.1) is 6.54 Å². The zero-order valence-electron chi connectivity index (χ0n) is 21.7. The number of benzene rings is 2. The molecule has 0 unspecified atom stereocenters. The number of ether oxygens (including phenoxy) is 2. The molecule has 2 saturated heterocycles. The lowest BCUT2D eigenvalue weighted by Gasteiger charge is -2.39. The minimum absolute atomic E-state index is 0.0149. The van der Waals surface area contributed by atoms with Crippen LogP contribution in [0.25, 0.3) is 0 Å². The molecule has 37 heavy (non-hydrogen) atoms. The molecule has 0 aliphatic carbocycles. The smallest absolute Gasteiger partial charge is 0.410 e. The number of rotatable bonds is 8. The van der Waals surface area contributed by atoms with Crippen molar-refractivity contribution in [1.82, 2.24) is 20.4 Å². The van der Waals surface area contributed by atoms with Crippen molar-refractivity contribution in [3.05, 3.63) is 65.7 Å². The van der Waals surface area contributed by atoms with Crippen molar-refractivity contribution in [2.75, 3.05) is 39.3 Å². The highest BCUT2D eigenvalue weighted by atomic mass is 16.6. The Bertz CT molecular complexity index is 1080. The monoisotopic (exact) mass is 508 g/mol. The van der Waals surface area contributed by atoms with E-state index >= 15 is 0 Å². The number of carbonyl (C=O) groups excluding carboxylic acids is 3. The van der Waals surface area contributed by atoms with Crippen LogP contribution in [-0.4, -0.2) is 84.7 Å². The third kappa shape index (κ3) is 7.45. The van der Waals surface area contributed by atoms with Crippen LogP contribution in [-0.2, 0) is 4.74 Å². The molecule has 2 aliphatic heterocycles. The molecule has 2 aromatic rings. The molecule has 2 aliphatic rings. The maximum atomic E-state index is 12.8. The summed E-state index contributed by atoms with van der Waals surface area (Å²) in [5, 5.41) is 6.26. The molecule has 1 atom stereocenters. The molecule has 4 rings (SSSR count). The summed E-state index contributed by atoms with van der Waals surface area (Å²) in [5.74, 6) is 0.570. The lowest BCUT2D eigenvalue weighted by molar-refractivity contribution is 0.0275. The summed E-state index contributed by atoms with van der Waals surface area (Å²) in [6, 6.07) is 16.5. The topological polar surface area (TPSA) is 100 Å². The molecule has 9 heteroatoms. The summed E-state index contributed by atoms with van der Waals surface area (Å²) in [6.45, 7) is 9.06. The molecule has 0 bridgehead atoms. The van der Waals surface area contributed by atoms with Gasteiger partial charge in [-0.25, -0.2) is 4.79 Å². The molecule has 3 amide bonds. The van der Waals surface area contributed by atoms with E-state index in [0.29, 0.717) is 56.1 Å². The van der Waals surface area contributed by atoms with Crippen LogP contribution in [0.3, 0.4) is 0 Å². The highest BCUT2D eigenvalue weighted by Crippen LogP contribution is 2.22. The predicted molar refractivity (Wildman–Crippen MR) is 140 cm³/mol. The Morgan fingerprint density at radius 3 is 2.27 bits per heavy atom. The molecular weight excluding hydrogens is 472 g/mol. The quantitative estimate of drug-likeness (QED) is 0.532. The van der Waals surface area contributed by atoms with Crippen molar-refractivity contribution in [2.45, 2.75) is 44.9 Å². The minimum atomic E-state index is -0.523. The van der Waals surface area contributed by atoms with Crippen molar-refractivity contribution >= 4 is 17.9 Å². The highest BCUT2D eigenvalue weighted by molar-refractivity contribution is 5.95. The summed E-state index contributed by atoms with van der Waals surface area (Å²) in [5.41, 5.74) is 0.735. The number of nitrogens with zero attached hydrogens (tertiary/aromatic N) is 2. The highest BCUT2D eigenvalue weighted by Gasteiger charge is 2.32. The molecule has 0 saturated carbocycles. The van der Waals surface area contributed by atoms with Crippen LogP contribution in [0.2, 0.25) is 0 Å². The van der Waals surface area contributed by atoms with Gasteiger partial charge in [0.15, 0.2) is 0 Å². The van der Waals surface area contributed by atoms with Crippen LogP contribution in [0.4, 0.5) is 4.79 Å².